The predicted octanol–water partition coefficient (Wildman–Crippen LogP) is 1.49. The molecule has 3 rings (SSSR count). The van der Waals surface area contributed by atoms with Gasteiger partial charge in [-0.3, -0.25) is 4.79 Å². The molecule has 1 amide bonds. The number of ether oxygens (including phenoxy) is 1. The summed E-state index contributed by atoms with van der Waals surface area (Å²) >= 11 is 0. The van der Waals surface area contributed by atoms with E-state index < -0.39 is 0 Å². The van der Waals surface area contributed by atoms with Gasteiger partial charge >= 0.3 is 0 Å². The van der Waals surface area contributed by atoms with Gasteiger partial charge in [0.05, 0.1) is 7.11 Å². The second kappa shape index (κ2) is 6.43. The van der Waals surface area contributed by atoms with Crippen LogP contribution in [-0.2, 0) is 0 Å². The first-order valence-electron chi connectivity index (χ1n) is 7.23. The highest BCUT2D eigenvalue weighted by molar-refractivity contribution is 5.92. The number of carbonyl (C=O) groups is 1. The number of rotatable bonds is 4. The van der Waals surface area contributed by atoms with Crippen molar-refractivity contribution in [2.45, 2.75) is 12.5 Å². The first-order valence-corrected chi connectivity index (χ1v) is 7.23. The van der Waals surface area contributed by atoms with Crippen LogP contribution in [0.2, 0.25) is 0 Å². The lowest BCUT2D eigenvalue weighted by Gasteiger charge is -2.18. The third-order valence-corrected chi connectivity index (χ3v) is 3.73. The van der Waals surface area contributed by atoms with Crippen molar-refractivity contribution in [2.75, 3.05) is 25.1 Å². The molecule has 1 saturated heterocycles. The van der Waals surface area contributed by atoms with Gasteiger partial charge in [0.2, 0.25) is 5.88 Å². The smallest absolute Gasteiger partial charge is 0.270 e. The Morgan fingerprint density at radius 1 is 1.32 bits per heavy atom. The van der Waals surface area contributed by atoms with Gasteiger partial charge in [-0.25, -0.2) is 9.97 Å². The average Bonchev–Trinajstić information content (AvgIpc) is 3.04. The van der Waals surface area contributed by atoms with Crippen LogP contribution in [-0.4, -0.2) is 42.1 Å². The van der Waals surface area contributed by atoms with E-state index in [1.807, 2.05) is 18.2 Å². The summed E-state index contributed by atoms with van der Waals surface area (Å²) in [6.45, 7) is 1.74. The SMILES string of the molecule is COc1cc(C(=O)NC2CCN(c3ccccc3)C2)ncn1. The summed E-state index contributed by atoms with van der Waals surface area (Å²) in [4.78, 5) is 22.4. The van der Waals surface area contributed by atoms with E-state index in [-0.39, 0.29) is 11.9 Å². The van der Waals surface area contributed by atoms with Gasteiger partial charge in [-0.05, 0) is 18.6 Å². The van der Waals surface area contributed by atoms with Crippen molar-refractivity contribution in [2.24, 2.45) is 0 Å². The molecule has 6 nitrogen and oxygen atoms in total. The third-order valence-electron chi connectivity index (χ3n) is 3.73. The minimum atomic E-state index is -0.194. The maximum absolute atomic E-state index is 12.2. The monoisotopic (exact) mass is 298 g/mol. The molecule has 0 saturated carbocycles. The fourth-order valence-corrected chi connectivity index (χ4v) is 2.59. The number of nitrogens with one attached hydrogen (secondary N) is 1. The van der Waals surface area contributed by atoms with E-state index in [0.717, 1.165) is 19.5 Å². The number of aromatic nitrogens is 2. The molecule has 1 aliphatic rings. The lowest BCUT2D eigenvalue weighted by atomic mass is 10.2. The number of para-hydroxylation sites is 1. The number of carbonyl (C=O) groups excluding carboxylic acids is 1. The Morgan fingerprint density at radius 3 is 2.91 bits per heavy atom. The summed E-state index contributed by atoms with van der Waals surface area (Å²) in [5.74, 6) is 0.193. The summed E-state index contributed by atoms with van der Waals surface area (Å²) < 4.78 is 5.01. The summed E-state index contributed by atoms with van der Waals surface area (Å²) in [5, 5.41) is 3.02. The number of hydrogen-bond donors (Lipinski definition) is 1. The van der Waals surface area contributed by atoms with Crippen LogP contribution in [0.15, 0.2) is 42.7 Å². The molecule has 2 aromatic rings. The van der Waals surface area contributed by atoms with Crippen LogP contribution < -0.4 is 15.0 Å². The molecule has 0 bridgehead atoms. The van der Waals surface area contributed by atoms with Crippen LogP contribution in [0.5, 0.6) is 5.88 Å². The molecular weight excluding hydrogens is 280 g/mol. The van der Waals surface area contributed by atoms with Crippen molar-refractivity contribution in [3.8, 4) is 5.88 Å². The number of nitrogens with zero attached hydrogens (tertiary/aromatic N) is 3. The second-order valence-electron chi connectivity index (χ2n) is 5.19. The normalized spacial score (nSPS) is 17.3. The molecule has 6 heteroatoms. The van der Waals surface area contributed by atoms with Gasteiger partial charge < -0.3 is 15.0 Å². The zero-order chi connectivity index (χ0) is 15.4. The van der Waals surface area contributed by atoms with E-state index in [1.165, 1.54) is 19.1 Å². The van der Waals surface area contributed by atoms with Gasteiger partial charge in [-0.1, -0.05) is 18.2 Å². The lowest BCUT2D eigenvalue weighted by Crippen LogP contribution is -2.37. The molecule has 1 aromatic heterocycles. The maximum atomic E-state index is 12.2. The molecule has 0 spiro atoms. The zero-order valence-electron chi connectivity index (χ0n) is 12.4. The number of benzene rings is 1. The van der Waals surface area contributed by atoms with Crippen LogP contribution in [0.4, 0.5) is 5.69 Å². The van der Waals surface area contributed by atoms with E-state index in [4.69, 9.17) is 4.74 Å². The Kier molecular flexibility index (Phi) is 4.18. The van der Waals surface area contributed by atoms with Crippen molar-refractivity contribution in [3.63, 3.8) is 0 Å². The van der Waals surface area contributed by atoms with Crippen molar-refractivity contribution in [1.29, 1.82) is 0 Å². The van der Waals surface area contributed by atoms with Gasteiger partial charge in [0, 0.05) is 30.9 Å². The lowest BCUT2D eigenvalue weighted by molar-refractivity contribution is 0.0934. The molecule has 1 aliphatic heterocycles. The predicted molar refractivity (Wildman–Crippen MR) is 83.1 cm³/mol. The molecule has 2 heterocycles. The molecule has 22 heavy (non-hydrogen) atoms. The molecule has 1 fully saturated rings. The van der Waals surface area contributed by atoms with E-state index in [2.05, 4.69) is 32.3 Å². The van der Waals surface area contributed by atoms with Crippen molar-refractivity contribution >= 4 is 11.6 Å². The van der Waals surface area contributed by atoms with E-state index >= 15 is 0 Å². The minimum absolute atomic E-state index is 0.119. The molecular formula is C16H18N4O2. The fourth-order valence-electron chi connectivity index (χ4n) is 2.59. The quantitative estimate of drug-likeness (QED) is 0.926. The van der Waals surface area contributed by atoms with E-state index in [0.29, 0.717) is 11.6 Å². The summed E-state index contributed by atoms with van der Waals surface area (Å²) in [5.41, 5.74) is 1.51. The van der Waals surface area contributed by atoms with E-state index in [9.17, 15) is 4.79 Å². The van der Waals surface area contributed by atoms with E-state index in [1.54, 1.807) is 6.07 Å². The Morgan fingerprint density at radius 2 is 2.14 bits per heavy atom. The topological polar surface area (TPSA) is 67.3 Å². The fraction of sp³-hybridized carbons (Fsp3) is 0.312. The molecule has 1 unspecified atom stereocenters. The highest BCUT2D eigenvalue weighted by atomic mass is 16.5. The minimum Gasteiger partial charge on any atom is -0.481 e. The van der Waals surface area contributed by atoms with Crippen LogP contribution >= 0.6 is 0 Å². The Labute approximate surface area is 129 Å². The number of anilines is 1. The van der Waals surface area contributed by atoms with Gasteiger partial charge in [-0.15, -0.1) is 0 Å². The maximum Gasteiger partial charge on any atom is 0.270 e. The van der Waals surface area contributed by atoms with Crippen molar-refractivity contribution < 1.29 is 9.53 Å². The molecule has 0 radical (unpaired) electrons. The second-order valence-corrected chi connectivity index (χ2v) is 5.19. The summed E-state index contributed by atoms with van der Waals surface area (Å²) in [7, 11) is 1.51. The molecule has 1 N–H and O–H groups in total. The average molecular weight is 298 g/mol. The number of amides is 1. The number of methoxy groups -OCH3 is 1. The van der Waals surface area contributed by atoms with Gasteiger partial charge in [0.1, 0.15) is 12.0 Å². The van der Waals surface area contributed by atoms with Crippen LogP contribution in [0.25, 0.3) is 0 Å². The van der Waals surface area contributed by atoms with Gasteiger partial charge in [-0.2, -0.15) is 0 Å². The number of hydrogen-bond acceptors (Lipinski definition) is 5. The molecule has 1 aromatic carbocycles. The summed E-state index contributed by atoms with van der Waals surface area (Å²) in [6, 6.07) is 11.9. The van der Waals surface area contributed by atoms with Crippen LogP contribution in [0.1, 0.15) is 16.9 Å². The van der Waals surface area contributed by atoms with Gasteiger partial charge in [0.25, 0.3) is 5.91 Å². The zero-order valence-corrected chi connectivity index (χ0v) is 12.4. The van der Waals surface area contributed by atoms with Crippen LogP contribution in [0.3, 0.4) is 0 Å². The van der Waals surface area contributed by atoms with Crippen molar-refractivity contribution in [3.05, 3.63) is 48.4 Å². The van der Waals surface area contributed by atoms with Crippen molar-refractivity contribution in [1.82, 2.24) is 15.3 Å². The highest BCUT2D eigenvalue weighted by Crippen LogP contribution is 2.19. The first-order chi connectivity index (χ1) is 10.8. The third kappa shape index (κ3) is 3.16. The Bertz CT molecular complexity index is 648. The molecule has 1 atom stereocenters. The van der Waals surface area contributed by atoms with Crippen LogP contribution in [0, 0.1) is 0 Å². The molecule has 0 aliphatic carbocycles. The highest BCUT2D eigenvalue weighted by Gasteiger charge is 2.24. The largest absolute Gasteiger partial charge is 0.481 e. The summed E-state index contributed by atoms with van der Waals surface area (Å²) in [6.07, 6.45) is 2.25. The standard InChI is InChI=1S/C16H18N4O2/c1-22-15-9-14(17-11-18-15)16(21)19-12-7-8-20(10-12)13-5-3-2-4-6-13/h2-6,9,11-12H,7-8,10H2,1H3,(H,19,21). The Hall–Kier alpha value is -2.63. The Balaban J connectivity index is 1.61. The van der Waals surface area contributed by atoms with Gasteiger partial charge in [0.15, 0.2) is 0 Å². The molecule has 114 valence electrons. The first kappa shape index (κ1) is 14.3.